The van der Waals surface area contributed by atoms with Crippen LogP contribution in [0.3, 0.4) is 0 Å². The average Bonchev–Trinajstić information content (AvgIpc) is 3.47. The third-order valence-corrected chi connectivity index (χ3v) is 7.06. The lowest BCUT2D eigenvalue weighted by Crippen LogP contribution is -2.30. The average molecular weight is 1040 g/mol. The van der Waals surface area contributed by atoms with E-state index in [1.165, 1.54) is 29.5 Å². The van der Waals surface area contributed by atoms with E-state index in [0.29, 0.717) is 0 Å². The van der Waals surface area contributed by atoms with Gasteiger partial charge in [-0.3, -0.25) is 9.97 Å². The zero-order chi connectivity index (χ0) is 59.5. The van der Waals surface area contributed by atoms with E-state index in [0.717, 1.165) is 28.5 Å². The molecule has 13 heteroatoms. The third-order valence-electron chi connectivity index (χ3n) is 7.06. The maximum atomic E-state index is 3.92. The lowest BCUT2D eigenvalue weighted by molar-refractivity contribution is -0.677. The second-order valence-corrected chi connectivity index (χ2v) is 12.8. The normalized spacial score (nSPS) is 7.67. The Morgan fingerprint density at radius 2 is 0.893 bits per heavy atom. The number of aryl methyl sites for hydroxylation is 11. The Labute approximate surface area is 460 Å². The summed E-state index contributed by atoms with van der Waals surface area (Å²) >= 11 is 0. The van der Waals surface area contributed by atoms with Crippen LogP contribution in [0.25, 0.3) is 0 Å². The number of pyridine rings is 3. The molecule has 75 heavy (non-hydrogen) atoms. The molecule has 8 rings (SSSR count). The molecule has 0 unspecified atom stereocenters. The standard InChI is InChI=1S/3C7H10N.5C5H6N2.8C2H6/c1-7-3-5-8(2)6-4-7;1-7-4-3-5-8(2)6-7;1-7-5-3-4-6-8(7)2;1-5-2-6-4-7-3-5;1-5-4-6-2-3-7-5;1-5-2-3-6-4-7-5;1-5-6-3-2-4-7-5;1-5-3-2-4-6-7-5;8*1-2/h3*3-6H,1-2H3;5*2-4H,1H3;8*1-2H3/q3*+1;;;;;;;;;;;;;. The molecule has 0 saturated carbocycles. The van der Waals surface area contributed by atoms with Crippen LogP contribution in [0.2, 0.25) is 0 Å². The van der Waals surface area contributed by atoms with Gasteiger partial charge in [-0.1, -0.05) is 117 Å². The van der Waals surface area contributed by atoms with Crippen LogP contribution in [0, 0.1) is 55.4 Å². The van der Waals surface area contributed by atoms with Gasteiger partial charge < -0.3 is 0 Å². The Morgan fingerprint density at radius 3 is 1.15 bits per heavy atom. The SMILES string of the molecule is CC.CC.CC.CC.CC.CC.CC.CC.Cc1cc[n+](C)cc1.Cc1ccc[n+](C)c1.Cc1cccc[n+]1C.Cc1cccnn1.Cc1ccncn1.Cc1cnccn1.Cc1cncnc1.Cc1ncccn1. The molecule has 0 fully saturated rings. The van der Waals surface area contributed by atoms with Gasteiger partial charge in [-0.15, -0.1) is 0 Å². The summed E-state index contributed by atoms with van der Waals surface area (Å²) in [5.41, 5.74) is 7.92. The molecule has 8 aromatic rings. The van der Waals surface area contributed by atoms with Crippen molar-refractivity contribution in [1.82, 2.24) is 50.1 Å². The molecule has 418 valence electrons. The molecule has 0 N–H and O–H groups in total. The van der Waals surface area contributed by atoms with Gasteiger partial charge in [0.15, 0.2) is 36.7 Å². The molecule has 13 nitrogen and oxygen atoms in total. The number of rotatable bonds is 0. The van der Waals surface area contributed by atoms with E-state index in [-0.39, 0.29) is 0 Å². The highest BCUT2D eigenvalue weighted by Crippen LogP contribution is 1.89. The van der Waals surface area contributed by atoms with Crippen LogP contribution in [0.15, 0.2) is 166 Å². The van der Waals surface area contributed by atoms with Gasteiger partial charge in [-0.05, 0) is 89.9 Å². The van der Waals surface area contributed by atoms with Crippen molar-refractivity contribution in [1.29, 1.82) is 0 Å². The molecule has 0 radical (unpaired) electrons. The summed E-state index contributed by atoms with van der Waals surface area (Å²) in [5, 5.41) is 7.36. The maximum absolute atomic E-state index is 3.92. The van der Waals surface area contributed by atoms with E-state index in [1.54, 1.807) is 61.8 Å². The zero-order valence-corrected chi connectivity index (χ0v) is 52.4. The number of hydrogen-bond donors (Lipinski definition) is 0. The molecule has 0 aliphatic rings. The summed E-state index contributed by atoms with van der Waals surface area (Å²) in [7, 11) is 6.07. The van der Waals surface area contributed by atoms with E-state index in [2.05, 4.69) is 106 Å². The Kier molecular flexibility index (Phi) is 82.8. The first-order valence-electron chi connectivity index (χ1n) is 26.8. The minimum absolute atomic E-state index is 0.822. The second-order valence-electron chi connectivity index (χ2n) is 12.8. The Hall–Kier alpha value is -7.15. The van der Waals surface area contributed by atoms with Gasteiger partial charge >= 0.3 is 0 Å². The summed E-state index contributed by atoms with van der Waals surface area (Å²) in [6.45, 7) is 47.8. The Morgan fingerprint density at radius 1 is 0.333 bits per heavy atom. The highest BCUT2D eigenvalue weighted by molar-refractivity contribution is 5.03. The highest BCUT2D eigenvalue weighted by atomic mass is 15.1. The molecule has 0 amide bonds. The lowest BCUT2D eigenvalue weighted by atomic mass is 10.3. The van der Waals surface area contributed by atoms with Crippen LogP contribution in [-0.4, -0.2) is 50.1 Å². The first-order valence-corrected chi connectivity index (χ1v) is 26.8. The quantitative estimate of drug-likeness (QED) is 0.135. The Bertz CT molecular complexity index is 1890. The fourth-order valence-electron chi connectivity index (χ4n) is 3.78. The molecule has 0 atom stereocenters. The number of hydrogen-bond acceptors (Lipinski definition) is 10. The van der Waals surface area contributed by atoms with Gasteiger partial charge in [0.2, 0.25) is 0 Å². The summed E-state index contributed by atoms with van der Waals surface area (Å²) in [6.07, 6.45) is 28.7. The molecular formula is C62H108N13+3. The summed E-state index contributed by atoms with van der Waals surface area (Å²) in [4.78, 5) is 30.6. The number of aromatic nitrogens is 13. The monoisotopic (exact) mass is 1030 g/mol. The highest BCUT2D eigenvalue weighted by Gasteiger charge is 1.92. The molecule has 0 aliphatic carbocycles. The van der Waals surface area contributed by atoms with Crippen molar-refractivity contribution in [3.8, 4) is 0 Å². The zero-order valence-electron chi connectivity index (χ0n) is 52.4. The van der Waals surface area contributed by atoms with Crippen molar-refractivity contribution >= 4 is 0 Å². The molecule has 0 aromatic carbocycles. The predicted octanol–water partition coefficient (Wildman–Crippen LogP) is 14.6. The van der Waals surface area contributed by atoms with Gasteiger partial charge in [0.05, 0.1) is 11.4 Å². The molecular weight excluding hydrogens is 927 g/mol. The molecule has 0 spiro atoms. The van der Waals surface area contributed by atoms with Crippen LogP contribution in [0.5, 0.6) is 0 Å². The number of nitrogens with zero attached hydrogens (tertiary/aromatic N) is 13. The van der Waals surface area contributed by atoms with E-state index in [1.807, 2.05) is 237 Å². The first kappa shape index (κ1) is 84.6. The van der Waals surface area contributed by atoms with Crippen LogP contribution >= 0.6 is 0 Å². The molecule has 0 aliphatic heterocycles. The molecule has 0 bridgehead atoms. The van der Waals surface area contributed by atoms with Gasteiger partial charge in [0, 0.05) is 104 Å². The lowest BCUT2D eigenvalue weighted by Gasteiger charge is -1.87. The van der Waals surface area contributed by atoms with Gasteiger partial charge in [-0.25, -0.2) is 43.6 Å². The van der Waals surface area contributed by atoms with Crippen molar-refractivity contribution in [2.45, 2.75) is 166 Å². The topological polar surface area (TPSA) is 141 Å². The molecule has 0 saturated heterocycles. The minimum Gasteiger partial charge on any atom is -0.261 e. The van der Waals surface area contributed by atoms with Crippen molar-refractivity contribution in [3.63, 3.8) is 0 Å². The van der Waals surface area contributed by atoms with Gasteiger partial charge in [-0.2, -0.15) is 10.2 Å². The fourth-order valence-corrected chi connectivity index (χ4v) is 3.78. The van der Waals surface area contributed by atoms with E-state index in [4.69, 9.17) is 0 Å². The summed E-state index contributed by atoms with van der Waals surface area (Å²) in [5.74, 6) is 0.822. The third kappa shape index (κ3) is 69.0. The first-order chi connectivity index (χ1) is 36.3. The largest absolute Gasteiger partial charge is 0.261 e. The van der Waals surface area contributed by atoms with Crippen LogP contribution in [0.4, 0.5) is 0 Å². The fraction of sp³-hybridized carbons (Fsp3) is 0.435. The van der Waals surface area contributed by atoms with E-state index in [9.17, 15) is 0 Å². The van der Waals surface area contributed by atoms with E-state index >= 15 is 0 Å². The van der Waals surface area contributed by atoms with Crippen LogP contribution < -0.4 is 13.7 Å². The second kappa shape index (κ2) is 73.4. The minimum atomic E-state index is 0.822. The van der Waals surface area contributed by atoms with Crippen LogP contribution in [-0.2, 0) is 21.1 Å². The van der Waals surface area contributed by atoms with Crippen LogP contribution in [0.1, 0.15) is 156 Å². The van der Waals surface area contributed by atoms with E-state index < -0.39 is 0 Å². The molecule has 8 heterocycles. The van der Waals surface area contributed by atoms with Crippen molar-refractivity contribution in [2.24, 2.45) is 21.1 Å². The molecule has 8 aromatic heterocycles. The maximum Gasteiger partial charge on any atom is 0.177 e. The predicted molar refractivity (Wildman–Crippen MR) is 322 cm³/mol. The van der Waals surface area contributed by atoms with Gasteiger partial charge in [0.25, 0.3) is 0 Å². The summed E-state index contributed by atoms with van der Waals surface area (Å²) < 4.78 is 6.14. The van der Waals surface area contributed by atoms with Crippen molar-refractivity contribution in [3.05, 3.63) is 211 Å². The Balaban J connectivity index is -0.000000110. The van der Waals surface area contributed by atoms with Gasteiger partial charge in [0.1, 0.15) is 39.6 Å². The smallest absolute Gasteiger partial charge is 0.177 e. The summed E-state index contributed by atoms with van der Waals surface area (Å²) in [6, 6.07) is 21.9. The van der Waals surface area contributed by atoms with Crippen molar-refractivity contribution in [2.75, 3.05) is 0 Å². The van der Waals surface area contributed by atoms with Crippen molar-refractivity contribution < 1.29 is 13.7 Å².